The second-order valence-corrected chi connectivity index (χ2v) is 4.99. The van der Waals surface area contributed by atoms with Gasteiger partial charge in [0.05, 0.1) is 18.1 Å². The van der Waals surface area contributed by atoms with E-state index in [9.17, 15) is 8.42 Å². The van der Waals surface area contributed by atoms with Gasteiger partial charge in [-0.1, -0.05) is 0 Å². The zero-order valence-electron chi connectivity index (χ0n) is 8.34. The van der Waals surface area contributed by atoms with E-state index in [2.05, 4.69) is 14.7 Å². The van der Waals surface area contributed by atoms with E-state index in [0.717, 1.165) is 6.42 Å². The average molecular weight is 228 g/mol. The SMILES string of the molecule is Cc1ncc(N2CCCNS2(=O)=O)cn1. The monoisotopic (exact) mass is 228 g/mol. The third-order valence-corrected chi connectivity index (χ3v) is 3.71. The lowest BCUT2D eigenvalue weighted by molar-refractivity contribution is 0.560. The summed E-state index contributed by atoms with van der Waals surface area (Å²) in [5, 5.41) is 0. The Hall–Kier alpha value is -1.21. The van der Waals surface area contributed by atoms with Crippen LogP contribution in [0.15, 0.2) is 12.4 Å². The van der Waals surface area contributed by atoms with Gasteiger partial charge in [0.25, 0.3) is 0 Å². The van der Waals surface area contributed by atoms with Crippen LogP contribution in [0.5, 0.6) is 0 Å². The Morgan fingerprint density at radius 3 is 2.67 bits per heavy atom. The first-order valence-corrected chi connectivity index (χ1v) is 6.09. The van der Waals surface area contributed by atoms with Crippen molar-refractivity contribution in [3.63, 3.8) is 0 Å². The van der Waals surface area contributed by atoms with Crippen LogP contribution >= 0.6 is 0 Å². The molecule has 82 valence electrons. The highest BCUT2D eigenvalue weighted by Crippen LogP contribution is 2.17. The molecule has 2 rings (SSSR count). The summed E-state index contributed by atoms with van der Waals surface area (Å²) in [6.45, 7) is 2.72. The van der Waals surface area contributed by atoms with Crippen molar-refractivity contribution < 1.29 is 8.42 Å². The van der Waals surface area contributed by atoms with Gasteiger partial charge in [0.1, 0.15) is 5.82 Å². The fourth-order valence-electron chi connectivity index (χ4n) is 1.40. The Labute approximate surface area is 88.5 Å². The molecule has 6 nitrogen and oxygen atoms in total. The Morgan fingerprint density at radius 2 is 2.07 bits per heavy atom. The molecule has 7 heteroatoms. The maximum atomic E-state index is 11.6. The van der Waals surface area contributed by atoms with Crippen molar-refractivity contribution in [3.8, 4) is 0 Å². The molecule has 0 amide bonds. The molecular formula is C8H12N4O2S. The molecule has 0 bridgehead atoms. The van der Waals surface area contributed by atoms with E-state index in [1.165, 1.54) is 16.7 Å². The minimum absolute atomic E-state index is 0.474. The van der Waals surface area contributed by atoms with Crippen LogP contribution in [0.3, 0.4) is 0 Å². The summed E-state index contributed by atoms with van der Waals surface area (Å²) in [7, 11) is -3.39. The highest BCUT2D eigenvalue weighted by Gasteiger charge is 2.25. The molecule has 0 unspecified atom stereocenters. The number of nitrogens with zero attached hydrogens (tertiary/aromatic N) is 3. The van der Waals surface area contributed by atoms with Crippen LogP contribution in [0.25, 0.3) is 0 Å². The first kappa shape index (κ1) is 10.3. The van der Waals surface area contributed by atoms with E-state index in [0.29, 0.717) is 24.6 Å². The number of hydrogen-bond donors (Lipinski definition) is 1. The van der Waals surface area contributed by atoms with Crippen molar-refractivity contribution >= 4 is 15.9 Å². The van der Waals surface area contributed by atoms with Gasteiger partial charge in [0.15, 0.2) is 0 Å². The van der Waals surface area contributed by atoms with Gasteiger partial charge < -0.3 is 0 Å². The Balaban J connectivity index is 2.33. The second-order valence-electron chi connectivity index (χ2n) is 3.31. The van der Waals surface area contributed by atoms with Gasteiger partial charge in [0, 0.05) is 13.1 Å². The topological polar surface area (TPSA) is 75.2 Å². The fourth-order valence-corrected chi connectivity index (χ4v) is 2.70. The van der Waals surface area contributed by atoms with Gasteiger partial charge >= 0.3 is 10.2 Å². The van der Waals surface area contributed by atoms with Gasteiger partial charge in [-0.05, 0) is 13.3 Å². The molecule has 1 aromatic rings. The zero-order chi connectivity index (χ0) is 10.9. The van der Waals surface area contributed by atoms with Crippen molar-refractivity contribution in [2.75, 3.05) is 17.4 Å². The molecule has 0 spiro atoms. The highest BCUT2D eigenvalue weighted by molar-refractivity contribution is 7.90. The molecule has 1 N–H and O–H groups in total. The van der Waals surface area contributed by atoms with Gasteiger partial charge in [-0.25, -0.2) is 9.97 Å². The first-order valence-electron chi connectivity index (χ1n) is 4.65. The van der Waals surface area contributed by atoms with Crippen LogP contribution in [0.2, 0.25) is 0 Å². The molecule has 0 aliphatic carbocycles. The Kier molecular flexibility index (Phi) is 2.57. The lowest BCUT2D eigenvalue weighted by atomic mass is 10.4. The highest BCUT2D eigenvalue weighted by atomic mass is 32.2. The van der Waals surface area contributed by atoms with E-state index >= 15 is 0 Å². The van der Waals surface area contributed by atoms with Gasteiger partial charge in [-0.2, -0.15) is 13.1 Å². The van der Waals surface area contributed by atoms with E-state index in [4.69, 9.17) is 0 Å². The summed E-state index contributed by atoms with van der Waals surface area (Å²) in [4.78, 5) is 7.95. The van der Waals surface area contributed by atoms with Crippen molar-refractivity contribution in [2.24, 2.45) is 0 Å². The van der Waals surface area contributed by atoms with Crippen LogP contribution in [0, 0.1) is 6.92 Å². The number of rotatable bonds is 1. The van der Waals surface area contributed by atoms with Crippen LogP contribution in [0.4, 0.5) is 5.69 Å². The van der Waals surface area contributed by atoms with Crippen molar-refractivity contribution in [2.45, 2.75) is 13.3 Å². The lowest BCUT2D eigenvalue weighted by Crippen LogP contribution is -2.47. The molecule has 1 aromatic heterocycles. The number of aryl methyl sites for hydroxylation is 1. The smallest absolute Gasteiger partial charge is 0.255 e. The molecule has 0 atom stereocenters. The fraction of sp³-hybridized carbons (Fsp3) is 0.500. The van der Waals surface area contributed by atoms with Crippen molar-refractivity contribution in [3.05, 3.63) is 18.2 Å². The molecule has 1 saturated heterocycles. The van der Waals surface area contributed by atoms with Crippen molar-refractivity contribution in [1.82, 2.24) is 14.7 Å². The second kappa shape index (κ2) is 3.74. The standard InChI is InChI=1S/C8H12N4O2S/c1-7-9-5-8(6-10-7)12-4-2-3-11-15(12,13)14/h5-6,11H,2-4H2,1H3. The Bertz CT molecular complexity index is 442. The molecule has 0 radical (unpaired) electrons. The normalized spacial score (nSPS) is 20.2. The van der Waals surface area contributed by atoms with Gasteiger partial charge in [-0.15, -0.1) is 0 Å². The summed E-state index contributed by atoms with van der Waals surface area (Å²) in [5.41, 5.74) is 0.507. The summed E-state index contributed by atoms with van der Waals surface area (Å²) in [6, 6.07) is 0. The molecule has 1 fully saturated rings. The molecule has 1 aliphatic heterocycles. The Morgan fingerprint density at radius 1 is 1.40 bits per heavy atom. The van der Waals surface area contributed by atoms with Gasteiger partial charge in [0.2, 0.25) is 0 Å². The summed E-state index contributed by atoms with van der Waals surface area (Å²) in [5.74, 6) is 0.626. The quantitative estimate of drug-likeness (QED) is 0.724. The largest absolute Gasteiger partial charge is 0.301 e. The van der Waals surface area contributed by atoms with E-state index in [-0.39, 0.29) is 0 Å². The molecule has 0 saturated carbocycles. The number of nitrogens with one attached hydrogen (secondary N) is 1. The van der Waals surface area contributed by atoms with E-state index in [1.54, 1.807) is 6.92 Å². The van der Waals surface area contributed by atoms with Crippen LogP contribution in [0.1, 0.15) is 12.2 Å². The summed E-state index contributed by atoms with van der Waals surface area (Å²) in [6.07, 6.45) is 3.83. The maximum Gasteiger partial charge on any atom is 0.301 e. The van der Waals surface area contributed by atoms with Crippen molar-refractivity contribution in [1.29, 1.82) is 0 Å². The minimum atomic E-state index is -3.39. The first-order chi connectivity index (χ1) is 7.09. The zero-order valence-corrected chi connectivity index (χ0v) is 9.16. The molecule has 2 heterocycles. The maximum absolute atomic E-state index is 11.6. The van der Waals surface area contributed by atoms with E-state index < -0.39 is 10.2 Å². The molecular weight excluding hydrogens is 216 g/mol. The van der Waals surface area contributed by atoms with E-state index in [1.807, 2.05) is 0 Å². The molecule has 15 heavy (non-hydrogen) atoms. The third kappa shape index (κ3) is 2.07. The molecule has 1 aliphatic rings. The predicted octanol–water partition coefficient (Wildman–Crippen LogP) is -0.170. The minimum Gasteiger partial charge on any atom is -0.255 e. The predicted molar refractivity (Wildman–Crippen MR) is 55.7 cm³/mol. The van der Waals surface area contributed by atoms with Crippen LogP contribution < -0.4 is 9.03 Å². The molecule has 0 aromatic carbocycles. The third-order valence-electron chi connectivity index (χ3n) is 2.17. The van der Waals surface area contributed by atoms with Crippen LogP contribution in [-0.2, 0) is 10.2 Å². The van der Waals surface area contributed by atoms with Gasteiger partial charge in [-0.3, -0.25) is 4.31 Å². The summed E-state index contributed by atoms with van der Waals surface area (Å²) < 4.78 is 27.0. The average Bonchev–Trinajstić information content (AvgIpc) is 2.19. The number of aromatic nitrogens is 2. The van der Waals surface area contributed by atoms with Crippen LogP contribution in [-0.4, -0.2) is 31.5 Å². The summed E-state index contributed by atoms with van der Waals surface area (Å²) >= 11 is 0. The lowest BCUT2D eigenvalue weighted by Gasteiger charge is -2.27. The number of hydrogen-bond acceptors (Lipinski definition) is 4. The number of anilines is 1.